The Labute approximate surface area is 48.2 Å². The minimum atomic E-state index is 0. The average Bonchev–Trinajstić information content (AvgIpc) is 0. The Morgan fingerprint density at radius 2 is 0.600 bits per heavy atom. The minimum absolute atomic E-state index is 0. The van der Waals surface area contributed by atoms with E-state index < -0.39 is 0 Å². The SMILES string of the molecule is [CH3-].[NH2-].[NH2-].[NH2-].[Ti+4]. The molecule has 0 rings (SSSR count). The van der Waals surface area contributed by atoms with Crippen molar-refractivity contribution >= 4 is 0 Å². The maximum Gasteiger partial charge on any atom is 4.00 e. The van der Waals surface area contributed by atoms with Gasteiger partial charge in [-0.2, -0.15) is 0 Å². The van der Waals surface area contributed by atoms with Crippen molar-refractivity contribution in [3.63, 3.8) is 0 Å². The Hall–Kier alpha value is 0.594. The van der Waals surface area contributed by atoms with Gasteiger partial charge < -0.3 is 25.9 Å². The fourth-order valence-corrected chi connectivity index (χ4v) is 0. The fraction of sp³-hybridized carbons (Fsp3) is 0. The van der Waals surface area contributed by atoms with Gasteiger partial charge >= 0.3 is 21.7 Å². The first-order chi connectivity index (χ1) is 0. The zero-order valence-electron chi connectivity index (χ0n) is 3.23. The maximum absolute atomic E-state index is 0. The molecule has 3 nitrogen and oxygen atoms in total. The molecule has 5 heavy (non-hydrogen) atoms. The third-order valence-corrected chi connectivity index (χ3v) is 0. The molecule has 32 valence electrons. The van der Waals surface area contributed by atoms with Gasteiger partial charge in [-0.1, -0.05) is 0 Å². The van der Waals surface area contributed by atoms with Crippen LogP contribution in [0.1, 0.15) is 0 Å². The normalized spacial score (nSPS) is 0. The molecule has 0 aromatic carbocycles. The van der Waals surface area contributed by atoms with Crippen molar-refractivity contribution in [1.29, 1.82) is 0 Å². The first-order valence-corrected chi connectivity index (χ1v) is 0. The van der Waals surface area contributed by atoms with Crippen LogP contribution in [-0.4, -0.2) is 0 Å². The van der Waals surface area contributed by atoms with Crippen molar-refractivity contribution in [2.24, 2.45) is 0 Å². The fourth-order valence-electron chi connectivity index (χ4n) is 0. The molecule has 0 bridgehead atoms. The molecule has 0 amide bonds. The molecule has 4 heteroatoms. The van der Waals surface area contributed by atoms with Crippen LogP contribution in [0.4, 0.5) is 0 Å². The van der Waals surface area contributed by atoms with E-state index in [1.807, 2.05) is 0 Å². The zero-order valence-corrected chi connectivity index (χ0v) is 4.79. The molecule has 0 fully saturated rings. The summed E-state index contributed by atoms with van der Waals surface area (Å²) >= 11 is 0. The summed E-state index contributed by atoms with van der Waals surface area (Å²) < 4.78 is 0. The molecule has 6 N–H and O–H groups in total. The summed E-state index contributed by atoms with van der Waals surface area (Å²) in [7, 11) is 0. The van der Waals surface area contributed by atoms with Gasteiger partial charge in [0, 0.05) is 0 Å². The first kappa shape index (κ1) is 334. The van der Waals surface area contributed by atoms with Crippen LogP contribution in [0.5, 0.6) is 0 Å². The standard InChI is InChI=1S/CH3.3H2N.Ti/h1H3;3*1H2;/q4*-1;+4. The van der Waals surface area contributed by atoms with Crippen LogP contribution >= 0.6 is 0 Å². The third kappa shape index (κ3) is 87.6. The van der Waals surface area contributed by atoms with E-state index in [1.165, 1.54) is 0 Å². The Morgan fingerprint density at radius 3 is 0.600 bits per heavy atom. The van der Waals surface area contributed by atoms with Gasteiger partial charge in [0.25, 0.3) is 0 Å². The molecule has 0 aliphatic carbocycles. The molecule has 0 aromatic rings. The Morgan fingerprint density at radius 1 is 0.600 bits per heavy atom. The number of hydrogen-bond acceptors (Lipinski definition) is 0. The number of nitrogens with two attached hydrogens (primary N) is 3. The Kier molecular flexibility index (Phi) is 11200. The molecule has 0 atom stereocenters. The van der Waals surface area contributed by atoms with Gasteiger partial charge in [-0.25, -0.2) is 0 Å². The minimum Gasteiger partial charge on any atom is -0.693 e. The third-order valence-electron chi connectivity index (χ3n) is 0. The summed E-state index contributed by atoms with van der Waals surface area (Å²) in [6.07, 6.45) is 0. The van der Waals surface area contributed by atoms with Crippen LogP contribution in [-0.2, 0) is 21.7 Å². The van der Waals surface area contributed by atoms with Gasteiger partial charge in [0.2, 0.25) is 0 Å². The largest absolute Gasteiger partial charge is 4.00 e. The van der Waals surface area contributed by atoms with Gasteiger partial charge in [0.1, 0.15) is 0 Å². The molecule has 0 unspecified atom stereocenters. The predicted molar refractivity (Wildman–Crippen MR) is 22.3 cm³/mol. The van der Waals surface area contributed by atoms with Crippen LogP contribution in [0, 0.1) is 7.43 Å². The van der Waals surface area contributed by atoms with Gasteiger partial charge in [0.05, 0.1) is 0 Å². The molecule has 0 heterocycles. The van der Waals surface area contributed by atoms with Crippen molar-refractivity contribution in [3.05, 3.63) is 25.9 Å². The van der Waals surface area contributed by atoms with Gasteiger partial charge in [-0.05, 0) is 0 Å². The second-order valence-electron chi connectivity index (χ2n) is 0. The summed E-state index contributed by atoms with van der Waals surface area (Å²) in [4.78, 5) is 0. The molecule has 0 aromatic heterocycles. The number of hydrogen-bond donors (Lipinski definition) is 0. The first-order valence-electron chi connectivity index (χ1n) is 0. The molecule has 0 aliphatic rings. The smallest absolute Gasteiger partial charge is 0.693 e. The van der Waals surface area contributed by atoms with Crippen LogP contribution in [0.25, 0.3) is 18.5 Å². The summed E-state index contributed by atoms with van der Waals surface area (Å²) in [6.45, 7) is 0. The molecular weight excluding hydrogens is 102 g/mol. The van der Waals surface area contributed by atoms with Crippen molar-refractivity contribution in [2.45, 2.75) is 0 Å². The van der Waals surface area contributed by atoms with E-state index in [9.17, 15) is 0 Å². The van der Waals surface area contributed by atoms with Crippen molar-refractivity contribution in [3.8, 4) is 0 Å². The zero-order chi connectivity index (χ0) is 0. The van der Waals surface area contributed by atoms with E-state index >= 15 is 0 Å². The van der Waals surface area contributed by atoms with Crippen molar-refractivity contribution in [2.75, 3.05) is 0 Å². The molecule has 0 radical (unpaired) electrons. The number of rotatable bonds is 0. The summed E-state index contributed by atoms with van der Waals surface area (Å²) in [5.74, 6) is 0. The monoisotopic (exact) mass is 111 g/mol. The maximum atomic E-state index is 0. The van der Waals surface area contributed by atoms with E-state index in [0.29, 0.717) is 0 Å². The van der Waals surface area contributed by atoms with Gasteiger partial charge in [-0.15, -0.1) is 0 Å². The van der Waals surface area contributed by atoms with Gasteiger partial charge in [0.15, 0.2) is 0 Å². The van der Waals surface area contributed by atoms with E-state index in [4.69, 9.17) is 0 Å². The van der Waals surface area contributed by atoms with E-state index in [1.54, 1.807) is 0 Å². The Bertz CT molecular complexity index is 6.85. The van der Waals surface area contributed by atoms with E-state index in [2.05, 4.69) is 0 Å². The summed E-state index contributed by atoms with van der Waals surface area (Å²) in [5, 5.41) is 0. The van der Waals surface area contributed by atoms with Crippen LogP contribution < -0.4 is 0 Å². The molecule has 0 spiro atoms. The summed E-state index contributed by atoms with van der Waals surface area (Å²) in [6, 6.07) is 0. The summed E-state index contributed by atoms with van der Waals surface area (Å²) in [5.41, 5.74) is 0. The topological polar surface area (TPSA) is 100 Å². The second-order valence-corrected chi connectivity index (χ2v) is 0. The van der Waals surface area contributed by atoms with E-state index in [-0.39, 0.29) is 47.6 Å². The van der Waals surface area contributed by atoms with Crippen molar-refractivity contribution < 1.29 is 21.7 Å². The molecule has 0 saturated heterocycles. The van der Waals surface area contributed by atoms with Crippen LogP contribution in [0.15, 0.2) is 0 Å². The van der Waals surface area contributed by atoms with E-state index in [0.717, 1.165) is 0 Å². The van der Waals surface area contributed by atoms with Gasteiger partial charge in [-0.3, -0.25) is 0 Å². The molecule has 0 aliphatic heterocycles. The average molecular weight is 111 g/mol. The molecular formula is CH9N3Ti. The van der Waals surface area contributed by atoms with Crippen LogP contribution in [0.2, 0.25) is 0 Å². The van der Waals surface area contributed by atoms with Crippen LogP contribution in [0.3, 0.4) is 0 Å². The Balaban J connectivity index is 0. The predicted octanol–water partition coefficient (Wildman–Crippen LogP) is 2.60. The quantitative estimate of drug-likeness (QED) is 0.338. The van der Waals surface area contributed by atoms with Crippen molar-refractivity contribution in [1.82, 2.24) is 0 Å². The molecule has 0 saturated carbocycles. The second kappa shape index (κ2) is 168.